The zero-order valence-corrected chi connectivity index (χ0v) is 20.9. The number of carbonyl (C=O) groups is 2. The number of carboxylic acid groups (broad SMARTS) is 1. The van der Waals surface area contributed by atoms with Crippen LogP contribution in [-0.2, 0) is 4.74 Å². The molecule has 3 unspecified atom stereocenters. The molecule has 1 aromatic rings. The minimum absolute atomic E-state index is 0.0114. The Morgan fingerprint density at radius 2 is 1.44 bits per heavy atom. The molecule has 0 aliphatic carbocycles. The van der Waals surface area contributed by atoms with Crippen LogP contribution in [0.4, 0.5) is 0 Å². The number of aromatic carboxylic acids is 1. The summed E-state index contributed by atoms with van der Waals surface area (Å²) in [6.45, 7) is 8.88. The molecule has 0 bridgehead atoms. The monoisotopic (exact) mass is 446 g/mol. The van der Waals surface area contributed by atoms with Gasteiger partial charge in [-0.3, -0.25) is 0 Å². The number of rotatable bonds is 18. The first-order valence-corrected chi connectivity index (χ1v) is 13.0. The van der Waals surface area contributed by atoms with Crippen LogP contribution in [0.5, 0.6) is 0 Å². The number of benzene rings is 1. The van der Waals surface area contributed by atoms with Crippen molar-refractivity contribution in [3.63, 3.8) is 0 Å². The van der Waals surface area contributed by atoms with Gasteiger partial charge in [0.05, 0.1) is 11.1 Å². The number of ether oxygens (including phenoxy) is 1. The molecule has 0 radical (unpaired) electrons. The zero-order valence-electron chi connectivity index (χ0n) is 20.9. The van der Waals surface area contributed by atoms with Crippen LogP contribution >= 0.6 is 0 Å². The van der Waals surface area contributed by atoms with Gasteiger partial charge in [-0.25, -0.2) is 9.59 Å². The third-order valence-corrected chi connectivity index (χ3v) is 6.57. The van der Waals surface area contributed by atoms with Crippen molar-refractivity contribution in [3.05, 3.63) is 35.4 Å². The zero-order chi connectivity index (χ0) is 23.8. The maximum atomic E-state index is 13.0. The number of unbranched alkanes of at least 4 members (excludes halogenated alkanes) is 7. The predicted octanol–water partition coefficient (Wildman–Crippen LogP) is 8.29. The van der Waals surface area contributed by atoms with E-state index in [0.717, 1.165) is 44.9 Å². The molecule has 1 rings (SSSR count). The molecule has 0 saturated carbocycles. The molecule has 182 valence electrons. The van der Waals surface area contributed by atoms with Crippen LogP contribution in [0.3, 0.4) is 0 Å². The first-order chi connectivity index (χ1) is 15.4. The molecule has 0 aliphatic rings. The number of hydrogen-bond donors (Lipinski definition) is 1. The van der Waals surface area contributed by atoms with Crippen molar-refractivity contribution in [2.75, 3.05) is 0 Å². The molecule has 4 heteroatoms. The predicted molar refractivity (Wildman–Crippen MR) is 132 cm³/mol. The van der Waals surface area contributed by atoms with E-state index in [1.807, 2.05) is 0 Å². The van der Waals surface area contributed by atoms with E-state index in [4.69, 9.17) is 4.74 Å². The molecule has 1 N–H and O–H groups in total. The Hall–Kier alpha value is -1.84. The van der Waals surface area contributed by atoms with Gasteiger partial charge in [0, 0.05) is 0 Å². The lowest BCUT2D eigenvalue weighted by molar-refractivity contribution is 0.00434. The van der Waals surface area contributed by atoms with Crippen LogP contribution < -0.4 is 0 Å². The van der Waals surface area contributed by atoms with E-state index in [2.05, 4.69) is 27.7 Å². The second-order valence-corrected chi connectivity index (χ2v) is 9.36. The van der Waals surface area contributed by atoms with E-state index in [-0.39, 0.29) is 17.2 Å². The Kier molecular flexibility index (Phi) is 14.8. The third kappa shape index (κ3) is 10.7. The van der Waals surface area contributed by atoms with Gasteiger partial charge in [0.2, 0.25) is 0 Å². The van der Waals surface area contributed by atoms with Gasteiger partial charge in [0.1, 0.15) is 6.10 Å². The fraction of sp³-hybridized carbons (Fsp3) is 0.714. The molecular weight excluding hydrogens is 400 g/mol. The molecule has 1 aromatic carbocycles. The van der Waals surface area contributed by atoms with E-state index in [1.54, 1.807) is 18.2 Å². The van der Waals surface area contributed by atoms with E-state index in [1.165, 1.54) is 44.6 Å². The summed E-state index contributed by atoms with van der Waals surface area (Å²) in [6.07, 6.45) is 14.9. The fourth-order valence-electron chi connectivity index (χ4n) is 4.43. The third-order valence-electron chi connectivity index (χ3n) is 6.57. The van der Waals surface area contributed by atoms with Gasteiger partial charge in [-0.15, -0.1) is 0 Å². The summed E-state index contributed by atoms with van der Waals surface area (Å²) in [4.78, 5) is 24.6. The summed E-state index contributed by atoms with van der Waals surface area (Å²) in [6, 6.07) is 6.36. The lowest BCUT2D eigenvalue weighted by atomic mass is 9.84. The van der Waals surface area contributed by atoms with Crippen LogP contribution in [-0.4, -0.2) is 23.1 Å². The quantitative estimate of drug-likeness (QED) is 0.182. The first kappa shape index (κ1) is 28.2. The summed E-state index contributed by atoms with van der Waals surface area (Å²) in [5, 5.41) is 9.46. The molecule has 4 nitrogen and oxygen atoms in total. The van der Waals surface area contributed by atoms with Crippen molar-refractivity contribution in [3.8, 4) is 0 Å². The summed E-state index contributed by atoms with van der Waals surface area (Å²) < 4.78 is 6.04. The highest BCUT2D eigenvalue weighted by Gasteiger charge is 2.27. The average molecular weight is 447 g/mol. The molecule has 0 aliphatic heterocycles. The van der Waals surface area contributed by atoms with Gasteiger partial charge in [0.15, 0.2) is 0 Å². The Labute approximate surface area is 196 Å². The van der Waals surface area contributed by atoms with Crippen LogP contribution in [0, 0.1) is 11.8 Å². The second kappa shape index (κ2) is 16.7. The lowest BCUT2D eigenvalue weighted by Crippen LogP contribution is -2.29. The standard InChI is InChI=1S/C28H46O4/c1-5-8-9-10-11-12-13-14-20-26(23(17-6-2)21-22(4)7-3)32-28(31)25-19-16-15-18-24(25)27(29)30/h15-16,18-19,22-23,26H,5-14,17,20-21H2,1-4H3,(H,29,30). The first-order valence-electron chi connectivity index (χ1n) is 13.0. The molecule has 0 spiro atoms. The molecule has 0 heterocycles. The fourth-order valence-corrected chi connectivity index (χ4v) is 4.43. The highest BCUT2D eigenvalue weighted by molar-refractivity contribution is 6.02. The summed E-state index contributed by atoms with van der Waals surface area (Å²) in [7, 11) is 0. The number of esters is 1. The van der Waals surface area contributed by atoms with Gasteiger partial charge < -0.3 is 9.84 Å². The van der Waals surface area contributed by atoms with Gasteiger partial charge in [-0.1, -0.05) is 97.6 Å². The van der Waals surface area contributed by atoms with Gasteiger partial charge in [-0.2, -0.15) is 0 Å². The molecule has 32 heavy (non-hydrogen) atoms. The number of carboxylic acids is 1. The van der Waals surface area contributed by atoms with Gasteiger partial charge >= 0.3 is 11.9 Å². The van der Waals surface area contributed by atoms with Gasteiger partial charge in [-0.05, 0) is 49.7 Å². The van der Waals surface area contributed by atoms with Crippen molar-refractivity contribution in [1.29, 1.82) is 0 Å². The Morgan fingerprint density at radius 1 is 0.844 bits per heavy atom. The van der Waals surface area contributed by atoms with Crippen LogP contribution in [0.2, 0.25) is 0 Å². The maximum absolute atomic E-state index is 13.0. The molecule has 0 aromatic heterocycles. The smallest absolute Gasteiger partial charge is 0.339 e. The molecule has 3 atom stereocenters. The van der Waals surface area contributed by atoms with Crippen molar-refractivity contribution in [1.82, 2.24) is 0 Å². The number of hydrogen-bond acceptors (Lipinski definition) is 3. The van der Waals surface area contributed by atoms with Crippen LogP contribution in [0.25, 0.3) is 0 Å². The van der Waals surface area contributed by atoms with Crippen molar-refractivity contribution in [2.45, 2.75) is 117 Å². The average Bonchev–Trinajstić information content (AvgIpc) is 2.79. The van der Waals surface area contributed by atoms with E-state index < -0.39 is 11.9 Å². The van der Waals surface area contributed by atoms with Crippen molar-refractivity contribution < 1.29 is 19.4 Å². The molecule has 0 amide bonds. The lowest BCUT2D eigenvalue weighted by Gasteiger charge is -2.29. The highest BCUT2D eigenvalue weighted by atomic mass is 16.5. The number of carbonyl (C=O) groups excluding carboxylic acids is 1. The van der Waals surface area contributed by atoms with Crippen LogP contribution in [0.15, 0.2) is 24.3 Å². The normalized spacial score (nSPS) is 14.0. The summed E-state index contributed by atoms with van der Waals surface area (Å²) >= 11 is 0. The van der Waals surface area contributed by atoms with Crippen LogP contribution in [0.1, 0.15) is 132 Å². The summed E-state index contributed by atoms with van der Waals surface area (Å²) in [5.74, 6) is -0.697. The summed E-state index contributed by atoms with van der Waals surface area (Å²) in [5.41, 5.74) is 0.164. The Morgan fingerprint density at radius 3 is 2.00 bits per heavy atom. The topological polar surface area (TPSA) is 63.6 Å². The minimum Gasteiger partial charge on any atom is -0.478 e. The second-order valence-electron chi connectivity index (χ2n) is 9.36. The van der Waals surface area contributed by atoms with Gasteiger partial charge in [0.25, 0.3) is 0 Å². The van der Waals surface area contributed by atoms with Crippen molar-refractivity contribution >= 4 is 11.9 Å². The molecule has 0 fully saturated rings. The SMILES string of the molecule is CCCCCCCCCCC(OC(=O)c1ccccc1C(=O)O)C(CCC)CC(C)CC. The van der Waals surface area contributed by atoms with Crippen molar-refractivity contribution in [2.24, 2.45) is 11.8 Å². The molecular formula is C28H46O4. The molecule has 0 saturated heterocycles. The Bertz CT molecular complexity index is 655. The van der Waals surface area contributed by atoms with E-state index in [9.17, 15) is 14.7 Å². The maximum Gasteiger partial charge on any atom is 0.339 e. The van der Waals surface area contributed by atoms with E-state index in [0.29, 0.717) is 11.8 Å². The minimum atomic E-state index is -1.10. The van der Waals surface area contributed by atoms with E-state index >= 15 is 0 Å². The Balaban J connectivity index is 2.82. The highest BCUT2D eigenvalue weighted by Crippen LogP contribution is 2.29. The largest absolute Gasteiger partial charge is 0.478 e.